The largest absolute Gasteiger partial charge is 0.474 e. The molecule has 1 unspecified atom stereocenters. The quantitative estimate of drug-likeness (QED) is 0.565. The van der Waals surface area contributed by atoms with Gasteiger partial charge >= 0.3 is 0 Å². The summed E-state index contributed by atoms with van der Waals surface area (Å²) in [6.07, 6.45) is 4.43. The van der Waals surface area contributed by atoms with Crippen LogP contribution in [0.2, 0.25) is 0 Å². The number of aliphatic hydroxyl groups is 1. The van der Waals surface area contributed by atoms with Crippen molar-refractivity contribution in [2.24, 2.45) is 0 Å². The third-order valence-corrected chi connectivity index (χ3v) is 8.81. The highest BCUT2D eigenvalue weighted by Gasteiger charge is 2.54. The number of aliphatic hydroxyl groups excluding tert-OH is 1. The topological polar surface area (TPSA) is 146 Å². The summed E-state index contributed by atoms with van der Waals surface area (Å²) in [5.41, 5.74) is 2.23. The second kappa shape index (κ2) is 9.04. The van der Waals surface area contributed by atoms with Gasteiger partial charge in [-0.3, -0.25) is 4.79 Å². The normalized spacial score (nSPS) is 18.4. The van der Waals surface area contributed by atoms with Crippen LogP contribution in [0.25, 0.3) is 6.08 Å². The lowest BCUT2D eigenvalue weighted by atomic mass is 10.0. The third kappa shape index (κ3) is 4.34. The van der Waals surface area contributed by atoms with E-state index < -0.39 is 26.7 Å². The number of anilines is 1. The molecule has 1 atom stereocenters. The van der Waals surface area contributed by atoms with E-state index in [4.69, 9.17) is 10.00 Å². The van der Waals surface area contributed by atoms with Crippen molar-refractivity contribution in [1.29, 1.82) is 5.26 Å². The second-order valence-corrected chi connectivity index (χ2v) is 11.0. The predicted octanol–water partition coefficient (Wildman–Crippen LogP) is 1.16. The standard InChI is InChI=1S/C23H25N5O5S/c1-3-34(31,32)23(7-8-23)14-33-21-19-16(6-9-25-21)10-18(22(30)28(19)2)20(29)27-13-15-4-5-17(11-24)26-12-15/h4-6,9-10,12,22,30H,3,7-8,13-14H2,1-2H3,(H,27,29). The minimum absolute atomic E-state index is 0.00769. The molecule has 4 rings (SSSR count). The zero-order valence-corrected chi connectivity index (χ0v) is 19.7. The first-order valence-corrected chi connectivity index (χ1v) is 12.5. The van der Waals surface area contributed by atoms with Crippen LogP contribution < -0.4 is 15.0 Å². The van der Waals surface area contributed by atoms with Crippen molar-refractivity contribution < 1.29 is 23.1 Å². The zero-order valence-electron chi connectivity index (χ0n) is 18.9. The number of pyridine rings is 2. The average Bonchev–Trinajstić information content (AvgIpc) is 3.65. The van der Waals surface area contributed by atoms with Gasteiger partial charge in [0, 0.05) is 37.3 Å². The van der Waals surface area contributed by atoms with Crippen LogP contribution >= 0.6 is 0 Å². The number of amides is 1. The first kappa shape index (κ1) is 23.7. The minimum Gasteiger partial charge on any atom is -0.474 e. The van der Waals surface area contributed by atoms with Gasteiger partial charge in [-0.2, -0.15) is 5.26 Å². The molecule has 10 nitrogen and oxygen atoms in total. The van der Waals surface area contributed by atoms with Crippen LogP contribution in [0.3, 0.4) is 0 Å². The molecule has 1 aliphatic carbocycles. The molecule has 1 aliphatic heterocycles. The van der Waals surface area contributed by atoms with E-state index in [1.54, 1.807) is 38.2 Å². The Labute approximate surface area is 197 Å². The van der Waals surface area contributed by atoms with Crippen molar-refractivity contribution in [1.82, 2.24) is 15.3 Å². The second-order valence-electron chi connectivity index (χ2n) is 8.36. The molecule has 1 amide bonds. The highest BCUT2D eigenvalue weighted by Crippen LogP contribution is 2.45. The molecule has 2 aliphatic rings. The Bertz CT molecular complexity index is 1280. The lowest BCUT2D eigenvalue weighted by molar-refractivity contribution is -0.118. The molecule has 11 heteroatoms. The van der Waals surface area contributed by atoms with E-state index in [-0.39, 0.29) is 36.1 Å². The Morgan fingerprint density at radius 1 is 1.35 bits per heavy atom. The SMILES string of the molecule is CCS(=O)(=O)C1(COc2nccc3c2N(C)C(O)C(C(=O)NCc2ccc(C#N)nc2)=C3)CC1. The van der Waals surface area contributed by atoms with Crippen LogP contribution in [0.15, 0.2) is 36.2 Å². The van der Waals surface area contributed by atoms with Crippen LogP contribution in [-0.4, -0.2) is 59.8 Å². The molecule has 2 aromatic heterocycles. The number of nitrogens with one attached hydrogen (secondary N) is 1. The summed E-state index contributed by atoms with van der Waals surface area (Å²) in [5, 5.41) is 22.4. The number of fused-ring (bicyclic) bond motifs is 1. The van der Waals surface area contributed by atoms with Gasteiger partial charge in [0.2, 0.25) is 5.88 Å². The van der Waals surface area contributed by atoms with Crippen LogP contribution in [0.1, 0.15) is 36.6 Å². The van der Waals surface area contributed by atoms with E-state index in [1.165, 1.54) is 17.3 Å². The summed E-state index contributed by atoms with van der Waals surface area (Å²) in [4.78, 5) is 22.5. The highest BCUT2D eigenvalue weighted by molar-refractivity contribution is 7.93. The number of aromatic nitrogens is 2. The van der Waals surface area contributed by atoms with E-state index in [9.17, 15) is 18.3 Å². The third-order valence-electron chi connectivity index (χ3n) is 6.20. The molecule has 34 heavy (non-hydrogen) atoms. The zero-order chi connectivity index (χ0) is 24.5. The maximum atomic E-state index is 12.8. The molecule has 3 heterocycles. The summed E-state index contributed by atoms with van der Waals surface area (Å²) in [7, 11) is -1.65. The van der Waals surface area contributed by atoms with Gasteiger partial charge in [0.25, 0.3) is 5.91 Å². The summed E-state index contributed by atoms with van der Waals surface area (Å²) in [5.74, 6) is -0.203. The fourth-order valence-electron chi connectivity index (χ4n) is 3.85. The molecular weight excluding hydrogens is 458 g/mol. The lowest BCUT2D eigenvalue weighted by Gasteiger charge is -2.33. The minimum atomic E-state index is -3.26. The number of carbonyl (C=O) groups is 1. The van der Waals surface area contributed by atoms with Crippen LogP contribution in [0.4, 0.5) is 5.69 Å². The van der Waals surface area contributed by atoms with Crippen molar-refractivity contribution >= 4 is 27.5 Å². The lowest BCUT2D eigenvalue weighted by Crippen LogP contribution is -2.42. The van der Waals surface area contributed by atoms with Crippen molar-refractivity contribution in [2.75, 3.05) is 24.3 Å². The summed E-state index contributed by atoms with van der Waals surface area (Å²) in [6, 6.07) is 6.88. The molecule has 1 saturated carbocycles. The summed E-state index contributed by atoms with van der Waals surface area (Å²) < 4.78 is 29.8. The number of hydrogen-bond acceptors (Lipinski definition) is 9. The van der Waals surface area contributed by atoms with Gasteiger partial charge in [-0.15, -0.1) is 0 Å². The number of likely N-dealkylation sites (N-methyl/N-ethyl adjacent to an activating group) is 1. The van der Waals surface area contributed by atoms with Gasteiger partial charge in [0.1, 0.15) is 28.8 Å². The Balaban J connectivity index is 1.51. The van der Waals surface area contributed by atoms with Crippen LogP contribution in [0, 0.1) is 11.3 Å². The first-order valence-electron chi connectivity index (χ1n) is 10.8. The van der Waals surface area contributed by atoms with Crippen molar-refractivity contribution in [2.45, 2.75) is 37.3 Å². The number of sulfone groups is 1. The van der Waals surface area contributed by atoms with Crippen LogP contribution in [-0.2, 0) is 21.2 Å². The number of ether oxygens (including phenoxy) is 1. The number of nitriles is 1. The predicted molar refractivity (Wildman–Crippen MR) is 124 cm³/mol. The average molecular weight is 484 g/mol. The number of nitrogens with zero attached hydrogens (tertiary/aromatic N) is 4. The van der Waals surface area contributed by atoms with Crippen molar-refractivity contribution in [3.05, 3.63) is 53.0 Å². The number of rotatable bonds is 8. The van der Waals surface area contributed by atoms with Gasteiger partial charge < -0.3 is 20.1 Å². The highest BCUT2D eigenvalue weighted by atomic mass is 32.2. The summed E-state index contributed by atoms with van der Waals surface area (Å²) in [6.45, 7) is 1.79. The molecule has 2 N–H and O–H groups in total. The molecule has 0 radical (unpaired) electrons. The molecule has 0 saturated heterocycles. The fourth-order valence-corrected chi connectivity index (χ4v) is 5.43. The van der Waals surface area contributed by atoms with Gasteiger partial charge in [-0.25, -0.2) is 18.4 Å². The maximum absolute atomic E-state index is 12.8. The smallest absolute Gasteiger partial charge is 0.252 e. The first-order chi connectivity index (χ1) is 16.2. The van der Waals surface area contributed by atoms with E-state index in [1.807, 2.05) is 6.07 Å². The Morgan fingerprint density at radius 3 is 2.74 bits per heavy atom. The molecule has 178 valence electrons. The number of hydrogen-bond donors (Lipinski definition) is 2. The molecule has 1 fully saturated rings. The van der Waals surface area contributed by atoms with Crippen LogP contribution in [0.5, 0.6) is 5.88 Å². The fraction of sp³-hybridized carbons (Fsp3) is 0.391. The molecular formula is C23H25N5O5S. The van der Waals surface area contributed by atoms with E-state index in [0.29, 0.717) is 29.7 Å². The Kier molecular flexibility index (Phi) is 6.29. The van der Waals surface area contributed by atoms with Gasteiger partial charge in [-0.1, -0.05) is 13.0 Å². The molecule has 2 aromatic rings. The van der Waals surface area contributed by atoms with E-state index in [0.717, 1.165) is 0 Å². The van der Waals surface area contributed by atoms with Gasteiger partial charge in [0.05, 0.1) is 5.57 Å². The Hall–Kier alpha value is -3.49. The maximum Gasteiger partial charge on any atom is 0.252 e. The number of carbonyl (C=O) groups excluding carboxylic acids is 1. The van der Waals surface area contributed by atoms with E-state index >= 15 is 0 Å². The van der Waals surface area contributed by atoms with Gasteiger partial charge in [-0.05, 0) is 36.6 Å². The molecule has 0 bridgehead atoms. The van der Waals surface area contributed by atoms with Crippen molar-refractivity contribution in [3.8, 4) is 11.9 Å². The summed E-state index contributed by atoms with van der Waals surface area (Å²) >= 11 is 0. The molecule has 0 aromatic carbocycles. The van der Waals surface area contributed by atoms with Gasteiger partial charge in [0.15, 0.2) is 16.1 Å². The monoisotopic (exact) mass is 483 g/mol. The van der Waals surface area contributed by atoms with Crippen molar-refractivity contribution in [3.63, 3.8) is 0 Å². The Morgan fingerprint density at radius 2 is 2.12 bits per heavy atom. The van der Waals surface area contributed by atoms with E-state index in [2.05, 4.69) is 15.3 Å². The molecule has 0 spiro atoms.